The van der Waals surface area contributed by atoms with E-state index in [4.69, 9.17) is 19.2 Å². The van der Waals surface area contributed by atoms with Crippen LogP contribution in [0.5, 0.6) is 11.5 Å². The summed E-state index contributed by atoms with van der Waals surface area (Å²) < 4.78 is 42.7. The Balaban J connectivity index is 2.07. The minimum atomic E-state index is -3.34. The summed E-state index contributed by atoms with van der Waals surface area (Å²) in [5, 5.41) is 0.872. The molecule has 0 aliphatic carbocycles. The lowest BCUT2D eigenvalue weighted by molar-refractivity contribution is 0.0524. The molecule has 0 unspecified atom stereocenters. The maximum absolute atomic E-state index is 13.6. The molecule has 3 heterocycles. The van der Waals surface area contributed by atoms with E-state index in [2.05, 4.69) is 18.7 Å². The van der Waals surface area contributed by atoms with Crippen molar-refractivity contribution >= 4 is 37.5 Å². The first kappa shape index (κ1) is 28.3. The van der Waals surface area contributed by atoms with E-state index in [1.165, 1.54) is 21.9 Å². The molecule has 0 amide bonds. The van der Waals surface area contributed by atoms with Crippen LogP contribution in [0.1, 0.15) is 47.3 Å². The van der Waals surface area contributed by atoms with E-state index in [0.29, 0.717) is 48.8 Å². The summed E-state index contributed by atoms with van der Waals surface area (Å²) in [6.07, 6.45) is 1.77. The van der Waals surface area contributed by atoms with Crippen molar-refractivity contribution < 1.29 is 27.4 Å². The van der Waals surface area contributed by atoms with Crippen molar-refractivity contribution in [3.05, 3.63) is 39.9 Å². The largest absolute Gasteiger partial charge is 0.493 e. The van der Waals surface area contributed by atoms with Crippen LogP contribution in [0, 0.1) is 0 Å². The van der Waals surface area contributed by atoms with Crippen molar-refractivity contribution in [2.45, 2.75) is 40.3 Å². The lowest BCUT2D eigenvalue weighted by atomic mass is 9.91. The number of sulfonamides is 1. The molecule has 1 aromatic carbocycles. The summed E-state index contributed by atoms with van der Waals surface area (Å²) >= 11 is 1.49. The van der Waals surface area contributed by atoms with E-state index in [-0.39, 0.29) is 6.61 Å². The number of ether oxygens (including phenoxy) is 3. The molecule has 4 rings (SSSR count). The van der Waals surface area contributed by atoms with Crippen LogP contribution in [0.4, 0.5) is 0 Å². The molecule has 0 radical (unpaired) electrons. The number of carbonyl (C=O) groups excluding carboxylic acids is 1. The van der Waals surface area contributed by atoms with Gasteiger partial charge in [-0.15, -0.1) is 11.3 Å². The van der Waals surface area contributed by atoms with Crippen LogP contribution in [0.2, 0.25) is 0 Å². The first-order valence-electron chi connectivity index (χ1n) is 12.7. The van der Waals surface area contributed by atoms with Gasteiger partial charge in [-0.1, -0.05) is 19.9 Å². The zero-order chi connectivity index (χ0) is 27.6. The van der Waals surface area contributed by atoms with Crippen LogP contribution in [0.25, 0.3) is 21.3 Å². The number of fused-ring (bicyclic) bond motifs is 3. The molecule has 0 spiro atoms. The number of methoxy groups -OCH3 is 2. The molecule has 206 valence electrons. The van der Waals surface area contributed by atoms with Crippen molar-refractivity contribution in [2.75, 3.05) is 46.7 Å². The van der Waals surface area contributed by atoms with Gasteiger partial charge < -0.3 is 14.2 Å². The highest BCUT2D eigenvalue weighted by atomic mass is 32.2. The number of hydrogen-bond acceptors (Lipinski definition) is 9. The number of nitrogens with zero attached hydrogens (tertiary/aromatic N) is 3. The first-order valence-corrected chi connectivity index (χ1v) is 15.4. The minimum absolute atomic E-state index is 0.234. The molecule has 3 aromatic rings. The highest BCUT2D eigenvalue weighted by Crippen LogP contribution is 2.44. The lowest BCUT2D eigenvalue weighted by Crippen LogP contribution is -2.34. The van der Waals surface area contributed by atoms with Gasteiger partial charge in [0.2, 0.25) is 10.0 Å². The van der Waals surface area contributed by atoms with Crippen LogP contribution in [-0.4, -0.2) is 75.3 Å². The SMILES string of the molecule is CCOC(=O)c1c(CN(CC)CC)nc2sc3c(c2c1-c1ccc(OC)c(OC)c1)CCN(S(C)(=O)=O)C3. The second-order valence-corrected chi connectivity index (χ2v) is 12.2. The number of rotatable bonds is 10. The molecule has 0 bridgehead atoms. The van der Waals surface area contributed by atoms with Crippen molar-refractivity contribution in [3.63, 3.8) is 0 Å². The molecule has 0 saturated heterocycles. The van der Waals surface area contributed by atoms with E-state index in [0.717, 1.165) is 44.9 Å². The third kappa shape index (κ3) is 5.38. The molecule has 9 nitrogen and oxygen atoms in total. The minimum Gasteiger partial charge on any atom is -0.493 e. The van der Waals surface area contributed by atoms with Gasteiger partial charge in [0.1, 0.15) is 4.83 Å². The highest BCUT2D eigenvalue weighted by Gasteiger charge is 2.32. The average molecular weight is 562 g/mol. The standard InChI is InChI=1S/C27H35N3O6S2/c1-7-29(8-2)15-19-25(27(31)36-9-3)23(17-10-11-20(34-4)21(14-17)35-5)24-18-12-13-30(38(6,32)33)16-22(18)37-26(24)28-19/h10-11,14H,7-9,12-13,15-16H2,1-6H3. The van der Waals surface area contributed by atoms with Gasteiger partial charge in [0.05, 0.1) is 38.3 Å². The van der Waals surface area contributed by atoms with Gasteiger partial charge in [0.15, 0.2) is 11.5 Å². The molecule has 2 aromatic heterocycles. The quantitative estimate of drug-likeness (QED) is 0.338. The van der Waals surface area contributed by atoms with Gasteiger partial charge in [-0.05, 0) is 49.7 Å². The van der Waals surface area contributed by atoms with E-state index in [1.807, 2.05) is 18.2 Å². The molecule has 0 atom stereocenters. The lowest BCUT2D eigenvalue weighted by Gasteiger charge is -2.25. The first-order chi connectivity index (χ1) is 18.2. The summed E-state index contributed by atoms with van der Waals surface area (Å²) in [5.41, 5.74) is 3.63. The van der Waals surface area contributed by atoms with Crippen LogP contribution in [-0.2, 0) is 34.3 Å². The second-order valence-electron chi connectivity index (χ2n) is 9.09. The van der Waals surface area contributed by atoms with Crippen molar-refractivity contribution in [1.82, 2.24) is 14.2 Å². The Morgan fingerprint density at radius 1 is 1.13 bits per heavy atom. The predicted molar refractivity (Wildman–Crippen MR) is 150 cm³/mol. The van der Waals surface area contributed by atoms with E-state index < -0.39 is 16.0 Å². The fourth-order valence-corrected chi connectivity index (χ4v) is 7.04. The zero-order valence-electron chi connectivity index (χ0n) is 22.8. The average Bonchev–Trinajstić information content (AvgIpc) is 3.27. The molecular weight excluding hydrogens is 526 g/mol. The molecule has 0 N–H and O–H groups in total. The summed E-state index contributed by atoms with van der Waals surface area (Å²) in [4.78, 5) is 22.5. The van der Waals surface area contributed by atoms with E-state index in [9.17, 15) is 13.2 Å². The maximum Gasteiger partial charge on any atom is 0.340 e. The van der Waals surface area contributed by atoms with Gasteiger partial charge >= 0.3 is 5.97 Å². The maximum atomic E-state index is 13.6. The number of aromatic nitrogens is 1. The third-order valence-corrected chi connectivity index (χ3v) is 9.28. The van der Waals surface area contributed by atoms with E-state index in [1.54, 1.807) is 21.1 Å². The van der Waals surface area contributed by atoms with Gasteiger partial charge in [0.25, 0.3) is 0 Å². The Morgan fingerprint density at radius 3 is 2.45 bits per heavy atom. The molecule has 38 heavy (non-hydrogen) atoms. The van der Waals surface area contributed by atoms with Crippen molar-refractivity contribution in [2.24, 2.45) is 0 Å². The van der Waals surface area contributed by atoms with E-state index >= 15 is 0 Å². The van der Waals surface area contributed by atoms with Crippen molar-refractivity contribution in [1.29, 1.82) is 0 Å². The van der Waals surface area contributed by atoms with Crippen molar-refractivity contribution in [3.8, 4) is 22.6 Å². The Hall–Kier alpha value is -2.73. The molecule has 0 saturated carbocycles. The smallest absolute Gasteiger partial charge is 0.340 e. The normalized spacial score (nSPS) is 14.1. The summed E-state index contributed by atoms with van der Waals surface area (Å²) in [5.74, 6) is 0.698. The highest BCUT2D eigenvalue weighted by molar-refractivity contribution is 7.88. The summed E-state index contributed by atoms with van der Waals surface area (Å²) in [6, 6.07) is 5.60. The van der Waals surface area contributed by atoms with Gasteiger partial charge in [-0.3, -0.25) is 4.90 Å². The summed E-state index contributed by atoms with van der Waals surface area (Å²) in [7, 11) is -0.178. The molecule has 1 aliphatic rings. The number of pyridine rings is 1. The Kier molecular flexibility index (Phi) is 8.61. The summed E-state index contributed by atoms with van der Waals surface area (Å²) in [6.45, 7) is 8.92. The Labute approximate surface area is 228 Å². The Bertz CT molecular complexity index is 1450. The fourth-order valence-electron chi connectivity index (χ4n) is 4.91. The fraction of sp³-hybridized carbons (Fsp3) is 0.481. The number of esters is 1. The van der Waals surface area contributed by atoms with Gasteiger partial charge in [-0.2, -0.15) is 4.31 Å². The Morgan fingerprint density at radius 2 is 1.84 bits per heavy atom. The molecule has 1 aliphatic heterocycles. The van der Waals surface area contributed by atoms with Crippen LogP contribution < -0.4 is 9.47 Å². The number of hydrogen-bond donors (Lipinski definition) is 0. The van der Waals surface area contributed by atoms with Gasteiger partial charge in [0, 0.05) is 35.5 Å². The predicted octanol–water partition coefficient (Wildman–Crippen LogP) is 4.32. The third-order valence-electron chi connectivity index (χ3n) is 6.92. The second kappa shape index (κ2) is 11.6. The monoisotopic (exact) mass is 561 g/mol. The van der Waals surface area contributed by atoms with Crippen LogP contribution >= 0.6 is 11.3 Å². The number of thiophene rings is 1. The molecule has 0 fully saturated rings. The van der Waals surface area contributed by atoms with Gasteiger partial charge in [-0.25, -0.2) is 18.2 Å². The molecule has 11 heteroatoms. The molecular formula is C27H35N3O6S2. The van der Waals surface area contributed by atoms with Crippen LogP contribution in [0.3, 0.4) is 0 Å². The van der Waals surface area contributed by atoms with Crippen LogP contribution in [0.15, 0.2) is 18.2 Å². The number of benzene rings is 1. The zero-order valence-corrected chi connectivity index (χ0v) is 24.4. The topological polar surface area (TPSA) is 98.3 Å². The number of carbonyl (C=O) groups is 1.